The Labute approximate surface area is 138 Å². The molecular weight excluding hydrogens is 312 g/mol. The third-order valence-corrected chi connectivity index (χ3v) is 2.97. The monoisotopic (exact) mass is 328 g/mol. The first-order valence-corrected chi connectivity index (χ1v) is 7.10. The molecule has 3 amide bonds. The van der Waals surface area contributed by atoms with E-state index in [-0.39, 0.29) is 5.56 Å². The van der Waals surface area contributed by atoms with Crippen molar-refractivity contribution in [2.75, 3.05) is 0 Å². The molecule has 1 atom stereocenters. The molecule has 0 saturated heterocycles. The molecule has 0 bridgehead atoms. The number of hydrogen-bond acceptors (Lipinski definition) is 5. The lowest BCUT2D eigenvalue weighted by molar-refractivity contribution is -0.127. The maximum Gasteiger partial charge on any atom is 0.338 e. The molecule has 7 nitrogen and oxygen atoms in total. The van der Waals surface area contributed by atoms with Gasteiger partial charge in [-0.2, -0.15) is 0 Å². The lowest BCUT2D eigenvalue weighted by Gasteiger charge is -2.12. The van der Waals surface area contributed by atoms with Crippen molar-refractivity contribution >= 4 is 17.9 Å². The number of urea groups is 1. The van der Waals surface area contributed by atoms with Crippen LogP contribution in [0.5, 0.6) is 11.5 Å². The average molecular weight is 328 g/mol. The fourth-order valence-corrected chi connectivity index (χ4v) is 1.79. The molecular formula is C17H16N2O5. The van der Waals surface area contributed by atoms with Gasteiger partial charge in [-0.3, -0.25) is 10.1 Å². The second-order valence-corrected chi connectivity index (χ2v) is 4.84. The highest BCUT2D eigenvalue weighted by Crippen LogP contribution is 2.21. The van der Waals surface area contributed by atoms with E-state index in [1.807, 2.05) is 23.5 Å². The van der Waals surface area contributed by atoms with Gasteiger partial charge in [-0.25, -0.2) is 9.59 Å². The molecule has 0 aliphatic heterocycles. The Hall–Kier alpha value is -3.35. The minimum atomic E-state index is -1.15. The number of esters is 1. The molecule has 0 fully saturated rings. The number of imide groups is 1. The van der Waals surface area contributed by atoms with E-state index in [1.54, 1.807) is 24.3 Å². The van der Waals surface area contributed by atoms with Crippen molar-refractivity contribution in [3.8, 4) is 11.5 Å². The molecule has 124 valence electrons. The van der Waals surface area contributed by atoms with Crippen molar-refractivity contribution in [3.05, 3.63) is 60.2 Å². The average Bonchev–Trinajstić information content (AvgIpc) is 2.55. The number of nitrogens with two attached hydrogens (primary N) is 1. The smallest absolute Gasteiger partial charge is 0.338 e. The van der Waals surface area contributed by atoms with Crippen molar-refractivity contribution in [2.45, 2.75) is 13.0 Å². The summed E-state index contributed by atoms with van der Waals surface area (Å²) in [7, 11) is 0. The van der Waals surface area contributed by atoms with Gasteiger partial charge in [0.25, 0.3) is 5.91 Å². The van der Waals surface area contributed by atoms with Gasteiger partial charge < -0.3 is 15.2 Å². The molecule has 1 unspecified atom stereocenters. The van der Waals surface area contributed by atoms with Crippen LogP contribution in [0.3, 0.4) is 0 Å². The predicted molar refractivity (Wildman–Crippen MR) is 85.6 cm³/mol. The van der Waals surface area contributed by atoms with Gasteiger partial charge in [-0.15, -0.1) is 0 Å². The number of amides is 3. The van der Waals surface area contributed by atoms with Gasteiger partial charge >= 0.3 is 12.0 Å². The lowest BCUT2D eigenvalue weighted by Crippen LogP contribution is -2.42. The molecule has 0 heterocycles. The van der Waals surface area contributed by atoms with E-state index in [9.17, 15) is 14.4 Å². The van der Waals surface area contributed by atoms with Crippen LogP contribution >= 0.6 is 0 Å². The van der Waals surface area contributed by atoms with E-state index in [4.69, 9.17) is 15.2 Å². The van der Waals surface area contributed by atoms with Gasteiger partial charge in [0.2, 0.25) is 0 Å². The number of benzene rings is 2. The molecule has 2 aromatic rings. The minimum Gasteiger partial charge on any atom is -0.457 e. The molecule has 0 radical (unpaired) electrons. The molecule has 0 saturated carbocycles. The lowest BCUT2D eigenvalue weighted by atomic mass is 10.2. The molecule has 2 rings (SSSR count). The van der Waals surface area contributed by atoms with E-state index in [0.717, 1.165) is 0 Å². The van der Waals surface area contributed by atoms with E-state index in [2.05, 4.69) is 0 Å². The third kappa shape index (κ3) is 4.84. The molecule has 0 aromatic heterocycles. The summed E-state index contributed by atoms with van der Waals surface area (Å²) in [5, 5.41) is 1.84. The summed E-state index contributed by atoms with van der Waals surface area (Å²) in [5.41, 5.74) is 5.07. The Bertz CT molecular complexity index is 728. The standard InChI is InChI=1S/C17H16N2O5/c1-11(15(20)19-17(18)22)23-16(21)12-7-9-14(10-8-12)24-13-5-3-2-4-6-13/h2-11H,1H3,(H3,18,19,20,22). The molecule has 24 heavy (non-hydrogen) atoms. The highest BCUT2D eigenvalue weighted by molar-refractivity contribution is 5.98. The first kappa shape index (κ1) is 17.0. The Balaban J connectivity index is 1.96. The first-order valence-electron chi connectivity index (χ1n) is 7.10. The van der Waals surface area contributed by atoms with E-state index < -0.39 is 24.0 Å². The number of ether oxygens (including phenoxy) is 2. The van der Waals surface area contributed by atoms with Crippen LogP contribution in [0.4, 0.5) is 4.79 Å². The van der Waals surface area contributed by atoms with E-state index >= 15 is 0 Å². The fraction of sp³-hybridized carbons (Fsp3) is 0.118. The van der Waals surface area contributed by atoms with Crippen LogP contribution in [0.1, 0.15) is 17.3 Å². The van der Waals surface area contributed by atoms with Gasteiger partial charge in [-0.05, 0) is 43.3 Å². The van der Waals surface area contributed by atoms with Crippen molar-refractivity contribution in [3.63, 3.8) is 0 Å². The topological polar surface area (TPSA) is 108 Å². The molecule has 2 aromatic carbocycles. The normalized spacial score (nSPS) is 11.2. The maximum atomic E-state index is 12.0. The number of nitrogens with one attached hydrogen (secondary N) is 1. The Morgan fingerprint density at radius 3 is 2.12 bits per heavy atom. The molecule has 3 N–H and O–H groups in total. The zero-order chi connectivity index (χ0) is 17.5. The van der Waals surface area contributed by atoms with Crippen LogP contribution in [-0.2, 0) is 9.53 Å². The van der Waals surface area contributed by atoms with Crippen molar-refractivity contribution in [1.82, 2.24) is 5.32 Å². The Morgan fingerprint density at radius 1 is 0.958 bits per heavy atom. The number of carbonyl (C=O) groups excluding carboxylic acids is 3. The Morgan fingerprint density at radius 2 is 1.54 bits per heavy atom. The summed E-state index contributed by atoms with van der Waals surface area (Å²) in [6.07, 6.45) is -1.15. The number of carbonyl (C=O) groups is 3. The minimum absolute atomic E-state index is 0.245. The number of primary amides is 1. The molecule has 7 heteroatoms. The van der Waals surface area contributed by atoms with Crippen molar-refractivity contribution in [2.24, 2.45) is 5.73 Å². The van der Waals surface area contributed by atoms with Gasteiger partial charge in [-0.1, -0.05) is 18.2 Å². The SMILES string of the molecule is CC(OC(=O)c1ccc(Oc2ccccc2)cc1)C(=O)NC(N)=O. The summed E-state index contributed by atoms with van der Waals surface area (Å²) < 4.78 is 10.6. The summed E-state index contributed by atoms with van der Waals surface area (Å²) >= 11 is 0. The largest absolute Gasteiger partial charge is 0.457 e. The van der Waals surface area contributed by atoms with Gasteiger partial charge in [0.15, 0.2) is 6.10 Å². The maximum absolute atomic E-state index is 12.0. The summed E-state index contributed by atoms with van der Waals surface area (Å²) in [5.74, 6) is -0.268. The summed E-state index contributed by atoms with van der Waals surface area (Å²) in [4.78, 5) is 34.0. The number of rotatable bonds is 5. The van der Waals surface area contributed by atoms with Gasteiger partial charge in [0.05, 0.1) is 5.56 Å². The first-order chi connectivity index (χ1) is 11.5. The van der Waals surface area contributed by atoms with Crippen molar-refractivity contribution in [1.29, 1.82) is 0 Å². The molecule has 0 aliphatic carbocycles. The second kappa shape index (κ2) is 7.77. The van der Waals surface area contributed by atoms with Gasteiger partial charge in [0.1, 0.15) is 11.5 Å². The summed E-state index contributed by atoms with van der Waals surface area (Å²) in [6.45, 7) is 1.34. The fourth-order valence-electron chi connectivity index (χ4n) is 1.79. The Kier molecular flexibility index (Phi) is 5.51. The zero-order valence-corrected chi connectivity index (χ0v) is 12.9. The van der Waals surface area contributed by atoms with Crippen LogP contribution in [0, 0.1) is 0 Å². The van der Waals surface area contributed by atoms with Crippen LogP contribution in [-0.4, -0.2) is 24.0 Å². The van der Waals surface area contributed by atoms with Crippen LogP contribution in [0.2, 0.25) is 0 Å². The highest BCUT2D eigenvalue weighted by atomic mass is 16.5. The van der Waals surface area contributed by atoms with Crippen LogP contribution < -0.4 is 15.8 Å². The zero-order valence-electron chi connectivity index (χ0n) is 12.9. The second-order valence-electron chi connectivity index (χ2n) is 4.84. The third-order valence-electron chi connectivity index (χ3n) is 2.97. The molecule has 0 spiro atoms. The quantitative estimate of drug-likeness (QED) is 0.818. The number of hydrogen-bond donors (Lipinski definition) is 2. The van der Waals surface area contributed by atoms with Crippen LogP contribution in [0.15, 0.2) is 54.6 Å². The summed E-state index contributed by atoms with van der Waals surface area (Å²) in [6, 6.07) is 14.4. The van der Waals surface area contributed by atoms with Gasteiger partial charge in [0, 0.05) is 0 Å². The van der Waals surface area contributed by atoms with E-state index in [0.29, 0.717) is 11.5 Å². The van der Waals surface area contributed by atoms with Crippen molar-refractivity contribution < 1.29 is 23.9 Å². The highest BCUT2D eigenvalue weighted by Gasteiger charge is 2.19. The number of para-hydroxylation sites is 1. The predicted octanol–water partition coefficient (Wildman–Crippen LogP) is 2.22. The molecule has 0 aliphatic rings. The van der Waals surface area contributed by atoms with Crippen LogP contribution in [0.25, 0.3) is 0 Å². The van der Waals surface area contributed by atoms with E-state index in [1.165, 1.54) is 19.1 Å².